The zero-order valence-electron chi connectivity index (χ0n) is 16.9. The second-order valence-electron chi connectivity index (χ2n) is 6.83. The van der Waals surface area contributed by atoms with E-state index in [2.05, 4.69) is 10.1 Å². The van der Waals surface area contributed by atoms with Crippen molar-refractivity contribution in [3.8, 4) is 5.75 Å². The van der Waals surface area contributed by atoms with Gasteiger partial charge in [0, 0.05) is 5.69 Å². The van der Waals surface area contributed by atoms with E-state index in [1.54, 1.807) is 26.0 Å². The molecule has 0 spiro atoms. The minimum absolute atomic E-state index is 0.182. The van der Waals surface area contributed by atoms with Crippen LogP contribution in [0.25, 0.3) is 0 Å². The summed E-state index contributed by atoms with van der Waals surface area (Å²) in [7, 11) is -3.81. The largest absolute Gasteiger partial charge is 0.573 e. The monoisotopic (exact) mass is 444 g/mol. The van der Waals surface area contributed by atoms with Gasteiger partial charge in [0.15, 0.2) is 0 Å². The Hall–Kier alpha value is -2.75. The number of anilines is 2. The molecule has 0 unspecified atom stereocenters. The van der Waals surface area contributed by atoms with Crippen LogP contribution in [0.4, 0.5) is 24.5 Å². The molecule has 30 heavy (non-hydrogen) atoms. The van der Waals surface area contributed by atoms with Crippen LogP contribution >= 0.6 is 0 Å². The van der Waals surface area contributed by atoms with Crippen LogP contribution in [0.3, 0.4) is 0 Å². The molecule has 2 rings (SSSR count). The van der Waals surface area contributed by atoms with Crippen molar-refractivity contribution in [3.05, 3.63) is 53.6 Å². The topological polar surface area (TPSA) is 75.7 Å². The Labute approximate surface area is 173 Å². The van der Waals surface area contributed by atoms with E-state index in [0.717, 1.165) is 28.3 Å². The summed E-state index contributed by atoms with van der Waals surface area (Å²) in [6, 6.07) is 8.86. The van der Waals surface area contributed by atoms with Gasteiger partial charge in [-0.05, 0) is 61.7 Å². The minimum atomic E-state index is -4.82. The molecule has 1 N–H and O–H groups in total. The number of ether oxygens (including phenoxy) is 1. The average Bonchev–Trinajstić information content (AvgIpc) is 2.61. The molecule has 0 saturated heterocycles. The fourth-order valence-electron chi connectivity index (χ4n) is 2.96. The Morgan fingerprint density at radius 2 is 1.73 bits per heavy atom. The van der Waals surface area contributed by atoms with Crippen molar-refractivity contribution < 1.29 is 31.1 Å². The molecule has 0 saturated carbocycles. The molecule has 0 aromatic heterocycles. The molecular formula is C20H23F3N2O4S. The van der Waals surface area contributed by atoms with Crippen molar-refractivity contribution >= 4 is 27.3 Å². The van der Waals surface area contributed by atoms with Crippen molar-refractivity contribution in [2.45, 2.75) is 39.6 Å². The first-order chi connectivity index (χ1) is 13.8. The molecule has 1 atom stereocenters. The summed E-state index contributed by atoms with van der Waals surface area (Å²) in [6.07, 6.45) is -3.62. The quantitative estimate of drug-likeness (QED) is 0.688. The van der Waals surface area contributed by atoms with Crippen molar-refractivity contribution in [2.75, 3.05) is 15.9 Å². The minimum Gasteiger partial charge on any atom is -0.406 e. The van der Waals surface area contributed by atoms with E-state index in [9.17, 15) is 26.4 Å². The van der Waals surface area contributed by atoms with Gasteiger partial charge in [-0.25, -0.2) is 8.42 Å². The Bertz CT molecular complexity index is 1010. The second-order valence-corrected chi connectivity index (χ2v) is 8.69. The first-order valence-corrected chi connectivity index (χ1v) is 10.9. The van der Waals surface area contributed by atoms with Gasteiger partial charge in [-0.1, -0.05) is 19.1 Å². The zero-order valence-corrected chi connectivity index (χ0v) is 17.8. The Balaban J connectivity index is 2.31. The summed E-state index contributed by atoms with van der Waals surface area (Å²) in [4.78, 5) is 12.9. The summed E-state index contributed by atoms with van der Waals surface area (Å²) in [5, 5.41) is 2.56. The van der Waals surface area contributed by atoms with Crippen molar-refractivity contribution in [1.82, 2.24) is 0 Å². The number of sulfonamides is 1. The number of aryl methyl sites for hydroxylation is 2. The zero-order chi connectivity index (χ0) is 22.7. The van der Waals surface area contributed by atoms with Gasteiger partial charge < -0.3 is 10.1 Å². The molecule has 2 aromatic carbocycles. The number of hydrogen-bond donors (Lipinski definition) is 1. The van der Waals surface area contributed by atoms with E-state index < -0.39 is 34.1 Å². The number of carbonyl (C=O) groups excluding carboxylic acids is 1. The standard InChI is InChI=1S/C20H23F3N2O4S/c1-5-17(25(30(4,27)28)18-12-13(2)6-7-14(18)3)19(26)24-15-8-10-16(11-9-15)29-20(21,22)23/h6-12,17H,5H2,1-4H3,(H,24,26)/t17-/m0/s1. The predicted octanol–water partition coefficient (Wildman–Crippen LogP) is 4.39. The van der Waals surface area contributed by atoms with Crippen LogP contribution in [0.15, 0.2) is 42.5 Å². The van der Waals surface area contributed by atoms with Crippen LogP contribution in [0.1, 0.15) is 24.5 Å². The molecule has 0 heterocycles. The number of nitrogens with zero attached hydrogens (tertiary/aromatic N) is 1. The number of halogens is 3. The first kappa shape index (κ1) is 23.5. The average molecular weight is 444 g/mol. The highest BCUT2D eigenvalue weighted by molar-refractivity contribution is 7.92. The molecule has 0 aliphatic carbocycles. The van der Waals surface area contributed by atoms with Gasteiger partial charge >= 0.3 is 6.36 Å². The fraction of sp³-hybridized carbons (Fsp3) is 0.350. The molecular weight excluding hydrogens is 421 g/mol. The number of hydrogen-bond acceptors (Lipinski definition) is 4. The van der Waals surface area contributed by atoms with Gasteiger partial charge in [-0.15, -0.1) is 13.2 Å². The van der Waals surface area contributed by atoms with Crippen molar-refractivity contribution in [3.63, 3.8) is 0 Å². The second kappa shape index (κ2) is 8.95. The van der Waals surface area contributed by atoms with Crippen LogP contribution in [0.5, 0.6) is 5.75 Å². The third kappa shape index (κ3) is 6.12. The molecule has 0 aliphatic rings. The third-order valence-electron chi connectivity index (χ3n) is 4.29. The molecule has 0 radical (unpaired) electrons. The fourth-order valence-corrected chi connectivity index (χ4v) is 4.22. The van der Waals surface area contributed by atoms with Crippen molar-refractivity contribution in [1.29, 1.82) is 0 Å². The summed E-state index contributed by atoms with van der Waals surface area (Å²) in [5.74, 6) is -1.03. The van der Waals surface area contributed by atoms with E-state index in [1.807, 2.05) is 13.0 Å². The summed E-state index contributed by atoms with van der Waals surface area (Å²) < 4.78 is 66.8. The highest BCUT2D eigenvalue weighted by atomic mass is 32.2. The SMILES string of the molecule is CC[C@@H](C(=O)Nc1ccc(OC(F)(F)F)cc1)N(c1cc(C)ccc1C)S(C)(=O)=O. The molecule has 2 aromatic rings. The lowest BCUT2D eigenvalue weighted by Crippen LogP contribution is -2.47. The first-order valence-electron chi connectivity index (χ1n) is 9.05. The number of rotatable bonds is 7. The predicted molar refractivity (Wildman–Crippen MR) is 109 cm³/mol. The Morgan fingerprint density at radius 3 is 2.23 bits per heavy atom. The Kier molecular flexibility index (Phi) is 7.02. The lowest BCUT2D eigenvalue weighted by Gasteiger charge is -2.31. The van der Waals surface area contributed by atoms with E-state index in [4.69, 9.17) is 0 Å². The van der Waals surface area contributed by atoms with Gasteiger partial charge in [0.2, 0.25) is 15.9 Å². The third-order valence-corrected chi connectivity index (χ3v) is 5.45. The summed E-state index contributed by atoms with van der Waals surface area (Å²) in [5.41, 5.74) is 2.13. The molecule has 0 aliphatic heterocycles. The number of benzene rings is 2. The summed E-state index contributed by atoms with van der Waals surface area (Å²) >= 11 is 0. The van der Waals surface area contributed by atoms with E-state index in [0.29, 0.717) is 11.3 Å². The lowest BCUT2D eigenvalue weighted by molar-refractivity contribution is -0.274. The van der Waals surface area contributed by atoms with Gasteiger partial charge in [-0.2, -0.15) is 0 Å². The van der Waals surface area contributed by atoms with Crippen LogP contribution in [-0.2, 0) is 14.8 Å². The van der Waals surface area contributed by atoms with E-state index >= 15 is 0 Å². The Morgan fingerprint density at radius 1 is 1.13 bits per heavy atom. The van der Waals surface area contributed by atoms with Gasteiger partial charge in [0.25, 0.3) is 0 Å². The molecule has 164 valence electrons. The van der Waals surface area contributed by atoms with Gasteiger partial charge in [-0.3, -0.25) is 9.10 Å². The van der Waals surface area contributed by atoms with Crippen molar-refractivity contribution in [2.24, 2.45) is 0 Å². The van der Waals surface area contributed by atoms with Crippen LogP contribution in [0, 0.1) is 13.8 Å². The smallest absolute Gasteiger partial charge is 0.406 e. The highest BCUT2D eigenvalue weighted by Gasteiger charge is 2.33. The van der Waals surface area contributed by atoms with Crippen LogP contribution < -0.4 is 14.4 Å². The van der Waals surface area contributed by atoms with Gasteiger partial charge in [0.1, 0.15) is 11.8 Å². The van der Waals surface area contributed by atoms with Crippen LogP contribution in [-0.4, -0.2) is 33.0 Å². The maximum atomic E-state index is 12.9. The maximum Gasteiger partial charge on any atom is 0.573 e. The van der Waals surface area contributed by atoms with Gasteiger partial charge in [0.05, 0.1) is 11.9 Å². The highest BCUT2D eigenvalue weighted by Crippen LogP contribution is 2.28. The molecule has 10 heteroatoms. The number of nitrogens with one attached hydrogen (secondary N) is 1. The summed E-state index contributed by atoms with van der Waals surface area (Å²) in [6.45, 7) is 5.24. The number of carbonyl (C=O) groups is 1. The lowest BCUT2D eigenvalue weighted by atomic mass is 10.1. The maximum absolute atomic E-state index is 12.9. The molecule has 0 fully saturated rings. The normalized spacial score (nSPS) is 12.9. The number of alkyl halides is 3. The van der Waals surface area contributed by atoms with E-state index in [-0.39, 0.29) is 12.1 Å². The molecule has 6 nitrogen and oxygen atoms in total. The number of amides is 1. The molecule has 0 bridgehead atoms. The van der Waals surface area contributed by atoms with Crippen LogP contribution in [0.2, 0.25) is 0 Å². The van der Waals surface area contributed by atoms with E-state index in [1.165, 1.54) is 12.1 Å². The molecule has 1 amide bonds.